The van der Waals surface area contributed by atoms with E-state index in [1.165, 1.54) is 44.9 Å². The summed E-state index contributed by atoms with van der Waals surface area (Å²) >= 11 is 0. The maximum Gasteiger partial charge on any atom is 0.136 e. The molecule has 0 amide bonds. The molecule has 3 unspecified atom stereocenters. The van der Waals surface area contributed by atoms with Crippen LogP contribution in [0.25, 0.3) is 0 Å². The Labute approximate surface area is 138 Å². The molecule has 1 fully saturated rings. The third kappa shape index (κ3) is 7.26. The van der Waals surface area contributed by atoms with E-state index < -0.39 is 0 Å². The van der Waals surface area contributed by atoms with Crippen molar-refractivity contribution in [1.82, 2.24) is 0 Å². The van der Waals surface area contributed by atoms with Crippen LogP contribution in [0.4, 0.5) is 0 Å². The highest BCUT2D eigenvalue weighted by Gasteiger charge is 2.34. The van der Waals surface area contributed by atoms with Crippen molar-refractivity contribution in [3.05, 3.63) is 0 Å². The minimum absolute atomic E-state index is 0.305. The molecule has 0 saturated heterocycles. The van der Waals surface area contributed by atoms with Gasteiger partial charge in [0, 0.05) is 26.1 Å². The van der Waals surface area contributed by atoms with Crippen LogP contribution in [0.3, 0.4) is 0 Å². The summed E-state index contributed by atoms with van der Waals surface area (Å²) in [5.74, 6) is 2.80. The Bertz CT molecular complexity index is 298. The lowest BCUT2D eigenvalue weighted by molar-refractivity contribution is -0.128. The van der Waals surface area contributed by atoms with Crippen molar-refractivity contribution in [3.63, 3.8) is 0 Å². The van der Waals surface area contributed by atoms with E-state index in [4.69, 9.17) is 4.74 Å². The van der Waals surface area contributed by atoms with Crippen molar-refractivity contribution in [3.8, 4) is 0 Å². The van der Waals surface area contributed by atoms with Crippen LogP contribution in [-0.2, 0) is 9.53 Å². The Kier molecular flexibility index (Phi) is 10.0. The molecular formula is C20H38O2. The van der Waals surface area contributed by atoms with Crippen LogP contribution in [0.5, 0.6) is 0 Å². The predicted octanol–water partition coefficient (Wildman–Crippen LogP) is 5.64. The van der Waals surface area contributed by atoms with Crippen molar-refractivity contribution in [2.75, 3.05) is 13.7 Å². The highest BCUT2D eigenvalue weighted by atomic mass is 16.5. The lowest BCUT2D eigenvalue weighted by Crippen LogP contribution is -2.34. The second kappa shape index (κ2) is 11.2. The summed E-state index contributed by atoms with van der Waals surface area (Å²) in [7, 11) is 1.76. The molecule has 0 spiro atoms. The van der Waals surface area contributed by atoms with Crippen molar-refractivity contribution in [2.45, 2.75) is 85.0 Å². The Morgan fingerprint density at radius 3 is 2.55 bits per heavy atom. The molecule has 130 valence electrons. The molecule has 0 N–H and O–H groups in total. The topological polar surface area (TPSA) is 26.3 Å². The van der Waals surface area contributed by atoms with Crippen LogP contribution >= 0.6 is 0 Å². The van der Waals surface area contributed by atoms with E-state index in [0.717, 1.165) is 31.8 Å². The summed E-state index contributed by atoms with van der Waals surface area (Å²) in [5.41, 5.74) is 0. The summed E-state index contributed by atoms with van der Waals surface area (Å²) < 4.78 is 5.24. The van der Waals surface area contributed by atoms with Crippen LogP contribution in [0, 0.1) is 23.7 Å². The third-order valence-electron chi connectivity index (χ3n) is 5.37. The fourth-order valence-corrected chi connectivity index (χ4v) is 4.07. The van der Waals surface area contributed by atoms with Gasteiger partial charge in [-0.15, -0.1) is 0 Å². The SMILES string of the molecule is COCCC1CCCC(C)C1C(=O)CCCCCCC(C)C. The van der Waals surface area contributed by atoms with E-state index in [1.54, 1.807) is 7.11 Å². The molecule has 2 nitrogen and oxygen atoms in total. The maximum atomic E-state index is 12.7. The first kappa shape index (κ1) is 19.7. The Morgan fingerprint density at radius 1 is 1.14 bits per heavy atom. The number of ketones is 1. The Balaban J connectivity index is 2.30. The number of carbonyl (C=O) groups excluding carboxylic acids is 1. The van der Waals surface area contributed by atoms with Gasteiger partial charge in [0.25, 0.3) is 0 Å². The average molecular weight is 311 g/mol. The van der Waals surface area contributed by atoms with Gasteiger partial charge in [-0.1, -0.05) is 59.3 Å². The number of ether oxygens (including phenoxy) is 1. The van der Waals surface area contributed by atoms with Gasteiger partial charge in [-0.25, -0.2) is 0 Å². The van der Waals surface area contributed by atoms with Crippen LogP contribution < -0.4 is 0 Å². The molecule has 1 rings (SSSR count). The van der Waals surface area contributed by atoms with E-state index in [1.807, 2.05) is 0 Å². The third-order valence-corrected chi connectivity index (χ3v) is 5.37. The first-order chi connectivity index (χ1) is 10.6. The summed E-state index contributed by atoms with van der Waals surface area (Å²) in [6.07, 6.45) is 11.9. The van der Waals surface area contributed by atoms with Gasteiger partial charge in [-0.3, -0.25) is 4.79 Å². The molecule has 0 aromatic rings. The molecule has 1 aliphatic rings. The van der Waals surface area contributed by atoms with Crippen LogP contribution in [0.2, 0.25) is 0 Å². The Hall–Kier alpha value is -0.370. The van der Waals surface area contributed by atoms with Gasteiger partial charge in [0.2, 0.25) is 0 Å². The molecule has 0 bridgehead atoms. The fourth-order valence-electron chi connectivity index (χ4n) is 4.07. The van der Waals surface area contributed by atoms with Crippen molar-refractivity contribution >= 4 is 5.78 Å². The van der Waals surface area contributed by atoms with E-state index in [0.29, 0.717) is 23.5 Å². The minimum atomic E-state index is 0.305. The molecule has 0 aromatic carbocycles. The molecule has 2 heteroatoms. The highest BCUT2D eigenvalue weighted by molar-refractivity contribution is 5.81. The van der Waals surface area contributed by atoms with Crippen LogP contribution in [0.15, 0.2) is 0 Å². The number of carbonyl (C=O) groups is 1. The molecule has 22 heavy (non-hydrogen) atoms. The van der Waals surface area contributed by atoms with E-state index in [-0.39, 0.29) is 0 Å². The maximum absolute atomic E-state index is 12.7. The number of unbranched alkanes of at least 4 members (excludes halogenated alkanes) is 3. The van der Waals surface area contributed by atoms with E-state index >= 15 is 0 Å². The largest absolute Gasteiger partial charge is 0.385 e. The zero-order valence-corrected chi connectivity index (χ0v) is 15.4. The normalized spacial score (nSPS) is 25.6. The van der Waals surface area contributed by atoms with Gasteiger partial charge in [0.1, 0.15) is 5.78 Å². The number of methoxy groups -OCH3 is 1. The quantitative estimate of drug-likeness (QED) is 0.461. The fraction of sp³-hybridized carbons (Fsp3) is 0.950. The summed E-state index contributed by atoms with van der Waals surface area (Å²) in [6.45, 7) is 7.66. The van der Waals surface area contributed by atoms with Crippen molar-refractivity contribution < 1.29 is 9.53 Å². The van der Waals surface area contributed by atoms with E-state index in [9.17, 15) is 4.79 Å². The molecule has 0 aromatic heterocycles. The van der Waals surface area contributed by atoms with Crippen LogP contribution in [-0.4, -0.2) is 19.5 Å². The molecule has 0 radical (unpaired) electrons. The van der Waals surface area contributed by atoms with Gasteiger partial charge in [-0.2, -0.15) is 0 Å². The summed E-state index contributed by atoms with van der Waals surface area (Å²) in [4.78, 5) is 12.7. The summed E-state index contributed by atoms with van der Waals surface area (Å²) in [5, 5.41) is 0. The first-order valence-electron chi connectivity index (χ1n) is 9.57. The molecular weight excluding hydrogens is 272 g/mol. The van der Waals surface area contributed by atoms with Gasteiger partial charge in [-0.05, 0) is 37.0 Å². The average Bonchev–Trinajstić information content (AvgIpc) is 2.48. The standard InChI is InChI=1S/C20H38O2/c1-16(2)10-7-5-6-8-13-19(21)20-17(3)11-9-12-18(20)14-15-22-4/h16-18,20H,5-15H2,1-4H3. The van der Waals surface area contributed by atoms with E-state index in [2.05, 4.69) is 20.8 Å². The van der Waals surface area contributed by atoms with Crippen molar-refractivity contribution in [1.29, 1.82) is 0 Å². The Morgan fingerprint density at radius 2 is 1.86 bits per heavy atom. The molecule has 1 saturated carbocycles. The lowest BCUT2D eigenvalue weighted by Gasteiger charge is -2.35. The second-order valence-electron chi connectivity index (χ2n) is 7.79. The van der Waals surface area contributed by atoms with Crippen LogP contribution in [0.1, 0.15) is 85.0 Å². The zero-order valence-electron chi connectivity index (χ0n) is 15.4. The minimum Gasteiger partial charge on any atom is -0.385 e. The number of Topliss-reactive ketones (excluding diaryl/α,β-unsaturated/α-hetero) is 1. The second-order valence-corrected chi connectivity index (χ2v) is 7.79. The van der Waals surface area contributed by atoms with Gasteiger partial charge < -0.3 is 4.74 Å². The highest BCUT2D eigenvalue weighted by Crippen LogP contribution is 2.38. The first-order valence-corrected chi connectivity index (χ1v) is 9.57. The van der Waals surface area contributed by atoms with Gasteiger partial charge in [0.05, 0.1) is 0 Å². The van der Waals surface area contributed by atoms with Gasteiger partial charge >= 0.3 is 0 Å². The lowest BCUT2D eigenvalue weighted by atomic mass is 9.69. The number of rotatable bonds is 11. The van der Waals surface area contributed by atoms with Crippen molar-refractivity contribution in [2.24, 2.45) is 23.7 Å². The molecule has 3 atom stereocenters. The number of hydrogen-bond acceptors (Lipinski definition) is 2. The molecule has 1 aliphatic carbocycles. The smallest absolute Gasteiger partial charge is 0.136 e. The molecule has 0 aliphatic heterocycles. The predicted molar refractivity (Wildman–Crippen MR) is 94.0 cm³/mol. The number of hydrogen-bond donors (Lipinski definition) is 0. The monoisotopic (exact) mass is 310 g/mol. The molecule has 0 heterocycles. The zero-order chi connectivity index (χ0) is 16.4. The van der Waals surface area contributed by atoms with Gasteiger partial charge in [0.15, 0.2) is 0 Å². The summed E-state index contributed by atoms with van der Waals surface area (Å²) in [6, 6.07) is 0.